The van der Waals surface area contributed by atoms with Crippen molar-refractivity contribution in [2.24, 2.45) is 10.4 Å². The normalized spacial score (nSPS) is 17.8. The van der Waals surface area contributed by atoms with Crippen LogP contribution in [0.3, 0.4) is 0 Å². The number of guanidine groups is 1. The molecule has 0 spiro atoms. The van der Waals surface area contributed by atoms with Crippen molar-refractivity contribution in [3.63, 3.8) is 0 Å². The highest BCUT2D eigenvalue weighted by molar-refractivity contribution is 5.80. The lowest BCUT2D eigenvalue weighted by atomic mass is 9.83. The van der Waals surface area contributed by atoms with Crippen LogP contribution in [0, 0.1) is 5.41 Å². The Morgan fingerprint density at radius 1 is 1.16 bits per heavy atom. The summed E-state index contributed by atoms with van der Waals surface area (Å²) < 4.78 is 5.63. The lowest BCUT2D eigenvalue weighted by Crippen LogP contribution is -2.40. The van der Waals surface area contributed by atoms with Crippen LogP contribution < -0.4 is 10.6 Å². The molecule has 3 rings (SSSR count). The molecule has 1 aliphatic carbocycles. The minimum Gasteiger partial charge on any atom is -0.382 e. The highest BCUT2D eigenvalue weighted by atomic mass is 16.5. The molecule has 0 bridgehead atoms. The van der Waals surface area contributed by atoms with Crippen molar-refractivity contribution in [2.75, 3.05) is 39.4 Å². The molecule has 32 heavy (non-hydrogen) atoms. The second kappa shape index (κ2) is 12.8. The van der Waals surface area contributed by atoms with Crippen LogP contribution >= 0.6 is 0 Å². The van der Waals surface area contributed by atoms with Gasteiger partial charge in [0.25, 0.3) is 0 Å². The van der Waals surface area contributed by atoms with Crippen molar-refractivity contribution in [2.45, 2.75) is 71.8 Å². The third kappa shape index (κ3) is 7.22. The molecule has 178 valence electrons. The Morgan fingerprint density at radius 3 is 2.69 bits per heavy atom. The van der Waals surface area contributed by atoms with Gasteiger partial charge in [-0.3, -0.25) is 9.79 Å². The van der Waals surface area contributed by atoms with E-state index in [-0.39, 0.29) is 11.3 Å². The fourth-order valence-electron chi connectivity index (χ4n) is 4.95. The number of nitrogens with zero attached hydrogens (tertiary/aromatic N) is 2. The van der Waals surface area contributed by atoms with E-state index in [1.165, 1.54) is 36.8 Å². The van der Waals surface area contributed by atoms with Crippen LogP contribution in [0.25, 0.3) is 0 Å². The fourth-order valence-corrected chi connectivity index (χ4v) is 4.95. The largest absolute Gasteiger partial charge is 0.382 e. The number of ether oxygens (including phenoxy) is 1. The molecular weight excluding hydrogens is 400 g/mol. The average molecular weight is 443 g/mol. The number of carbonyl (C=O) groups excluding carboxylic acids is 1. The van der Waals surface area contributed by atoms with Gasteiger partial charge >= 0.3 is 0 Å². The molecule has 1 aliphatic heterocycles. The molecule has 1 amide bonds. The predicted molar refractivity (Wildman–Crippen MR) is 131 cm³/mol. The number of fused-ring (bicyclic) bond motifs is 1. The first-order valence-electron chi connectivity index (χ1n) is 12.6. The summed E-state index contributed by atoms with van der Waals surface area (Å²) in [5.41, 5.74) is 2.96. The van der Waals surface area contributed by atoms with Crippen LogP contribution in [0.4, 0.5) is 0 Å². The molecule has 6 heteroatoms. The molecule has 1 aromatic carbocycles. The summed E-state index contributed by atoms with van der Waals surface area (Å²) in [6.07, 6.45) is 8.54. The van der Waals surface area contributed by atoms with Gasteiger partial charge in [-0.2, -0.15) is 0 Å². The monoisotopic (exact) mass is 442 g/mol. The van der Waals surface area contributed by atoms with Gasteiger partial charge in [0, 0.05) is 52.4 Å². The summed E-state index contributed by atoms with van der Waals surface area (Å²) in [7, 11) is 0. The van der Waals surface area contributed by atoms with E-state index in [0.717, 1.165) is 71.2 Å². The van der Waals surface area contributed by atoms with E-state index in [1.807, 2.05) is 4.90 Å². The van der Waals surface area contributed by atoms with E-state index >= 15 is 0 Å². The number of rotatable bonds is 11. The molecule has 1 fully saturated rings. The number of hydrogen-bond donors (Lipinski definition) is 2. The lowest BCUT2D eigenvalue weighted by molar-refractivity contribution is -0.132. The molecule has 0 saturated heterocycles. The van der Waals surface area contributed by atoms with E-state index < -0.39 is 0 Å². The van der Waals surface area contributed by atoms with E-state index in [2.05, 4.69) is 48.7 Å². The Morgan fingerprint density at radius 2 is 1.94 bits per heavy atom. The number of hydrogen-bond acceptors (Lipinski definition) is 3. The van der Waals surface area contributed by atoms with Crippen molar-refractivity contribution in [3.8, 4) is 0 Å². The van der Waals surface area contributed by atoms with Crippen molar-refractivity contribution in [3.05, 3.63) is 35.4 Å². The van der Waals surface area contributed by atoms with E-state index in [0.29, 0.717) is 6.42 Å². The van der Waals surface area contributed by atoms with Crippen LogP contribution in [0.1, 0.15) is 69.9 Å². The first-order valence-corrected chi connectivity index (χ1v) is 12.6. The summed E-state index contributed by atoms with van der Waals surface area (Å²) in [5.74, 6) is 1.12. The second-order valence-electron chi connectivity index (χ2n) is 9.21. The van der Waals surface area contributed by atoms with Gasteiger partial charge in [0.05, 0.1) is 0 Å². The third-order valence-electron chi connectivity index (χ3n) is 6.91. The number of aliphatic imine (C=N–C) groups is 1. The zero-order valence-electron chi connectivity index (χ0n) is 20.1. The zero-order valence-corrected chi connectivity index (χ0v) is 20.1. The molecule has 2 N–H and O–H groups in total. The standard InChI is InChI=1S/C26H42N4O2/c1-3-27-25(29-21-26(14-7-8-15-26)16-19-32-4-2)28-17-9-12-24(31)30-18-13-22-10-5-6-11-23(22)20-30/h5-6,10-11H,3-4,7-9,12-21H2,1-2H3,(H2,27,28,29). The maximum absolute atomic E-state index is 12.7. The molecule has 1 saturated carbocycles. The molecule has 1 aromatic rings. The van der Waals surface area contributed by atoms with Gasteiger partial charge in [-0.05, 0) is 62.5 Å². The molecule has 1 heterocycles. The van der Waals surface area contributed by atoms with E-state index in [1.54, 1.807) is 0 Å². The van der Waals surface area contributed by atoms with Crippen molar-refractivity contribution >= 4 is 11.9 Å². The van der Waals surface area contributed by atoms with Gasteiger partial charge in [0.1, 0.15) is 0 Å². The Hall–Kier alpha value is -2.08. The topological polar surface area (TPSA) is 66.0 Å². The third-order valence-corrected chi connectivity index (χ3v) is 6.91. The Bertz CT molecular complexity index is 743. The summed E-state index contributed by atoms with van der Waals surface area (Å²) in [5, 5.41) is 6.81. The summed E-state index contributed by atoms with van der Waals surface area (Å²) in [6.45, 7) is 9.79. The molecule has 6 nitrogen and oxygen atoms in total. The Balaban J connectivity index is 1.42. The molecule has 0 unspecified atom stereocenters. The van der Waals surface area contributed by atoms with Gasteiger partial charge in [-0.1, -0.05) is 37.1 Å². The quantitative estimate of drug-likeness (QED) is 0.310. The zero-order chi connectivity index (χ0) is 22.7. The summed E-state index contributed by atoms with van der Waals surface area (Å²) in [4.78, 5) is 19.6. The van der Waals surface area contributed by atoms with Crippen molar-refractivity contribution < 1.29 is 9.53 Å². The van der Waals surface area contributed by atoms with Crippen molar-refractivity contribution in [1.82, 2.24) is 15.5 Å². The Labute approximate surface area is 194 Å². The maximum Gasteiger partial charge on any atom is 0.222 e. The van der Waals surface area contributed by atoms with Gasteiger partial charge < -0.3 is 20.3 Å². The first-order chi connectivity index (χ1) is 15.7. The van der Waals surface area contributed by atoms with Crippen LogP contribution in [-0.4, -0.2) is 56.2 Å². The van der Waals surface area contributed by atoms with Gasteiger partial charge in [0.2, 0.25) is 5.91 Å². The Kier molecular flexibility index (Phi) is 9.85. The number of nitrogens with one attached hydrogen (secondary N) is 2. The fraction of sp³-hybridized carbons (Fsp3) is 0.692. The number of amides is 1. The SMILES string of the molecule is CCNC(=NCC1(CCOCC)CCCC1)NCCCC(=O)N1CCc2ccccc2C1. The van der Waals surface area contributed by atoms with E-state index in [4.69, 9.17) is 9.73 Å². The molecule has 2 aliphatic rings. The van der Waals surface area contributed by atoms with Gasteiger partial charge in [-0.15, -0.1) is 0 Å². The minimum absolute atomic E-state index is 0.254. The van der Waals surface area contributed by atoms with Crippen LogP contribution in [0.15, 0.2) is 29.3 Å². The van der Waals surface area contributed by atoms with Gasteiger partial charge in [0.15, 0.2) is 5.96 Å². The highest BCUT2D eigenvalue weighted by Crippen LogP contribution is 2.41. The minimum atomic E-state index is 0.254. The smallest absolute Gasteiger partial charge is 0.222 e. The number of carbonyl (C=O) groups is 1. The van der Waals surface area contributed by atoms with E-state index in [9.17, 15) is 4.79 Å². The highest BCUT2D eigenvalue weighted by Gasteiger charge is 2.33. The summed E-state index contributed by atoms with van der Waals surface area (Å²) in [6, 6.07) is 8.46. The van der Waals surface area contributed by atoms with Crippen LogP contribution in [0.2, 0.25) is 0 Å². The predicted octanol–water partition coefficient (Wildman–Crippen LogP) is 3.89. The van der Waals surface area contributed by atoms with Crippen molar-refractivity contribution in [1.29, 1.82) is 0 Å². The number of benzene rings is 1. The van der Waals surface area contributed by atoms with Gasteiger partial charge in [-0.25, -0.2) is 0 Å². The molecule has 0 atom stereocenters. The molecule has 0 aromatic heterocycles. The maximum atomic E-state index is 12.7. The van der Waals surface area contributed by atoms with Crippen LogP contribution in [-0.2, 0) is 22.5 Å². The summed E-state index contributed by atoms with van der Waals surface area (Å²) >= 11 is 0. The molecular formula is C26H42N4O2. The first kappa shape index (κ1) is 24.6. The average Bonchev–Trinajstić information content (AvgIpc) is 3.29. The lowest BCUT2D eigenvalue weighted by Gasteiger charge is -2.29. The van der Waals surface area contributed by atoms with Crippen LogP contribution in [0.5, 0.6) is 0 Å². The molecule has 0 radical (unpaired) electrons. The second-order valence-corrected chi connectivity index (χ2v) is 9.21.